The van der Waals surface area contributed by atoms with Crippen LogP contribution in [-0.4, -0.2) is 36.9 Å². The molecule has 0 atom stereocenters. The monoisotopic (exact) mass is 406 g/mol. The Morgan fingerprint density at radius 3 is 2.27 bits per heavy atom. The van der Waals surface area contributed by atoms with Crippen LogP contribution in [0.1, 0.15) is 56.7 Å². The molecule has 0 aliphatic carbocycles. The molecule has 1 aliphatic heterocycles. The quantitative estimate of drug-likeness (QED) is 0.596. The topological polar surface area (TPSA) is 32.3 Å². The predicted octanol–water partition coefficient (Wildman–Crippen LogP) is 4.99. The van der Waals surface area contributed by atoms with Crippen molar-refractivity contribution in [3.05, 3.63) is 71.3 Å². The van der Waals surface area contributed by atoms with E-state index < -0.39 is 0 Å². The molecule has 0 saturated carbocycles. The predicted molar refractivity (Wildman–Crippen MR) is 126 cm³/mol. The van der Waals surface area contributed by atoms with E-state index in [0.29, 0.717) is 12.2 Å². The third kappa shape index (κ3) is 7.07. The number of nitrogens with one attached hydrogen (secondary N) is 1. The van der Waals surface area contributed by atoms with E-state index in [4.69, 9.17) is 0 Å². The lowest BCUT2D eigenvalue weighted by molar-refractivity contribution is -0.123. The standard InChI is InChI=1S/C27H38N2O/c1-27(2,3)25-12-10-23(11-13-25)21-28-16-7-17-29-18-14-24(15-19-29)26(30)20-22-8-5-4-6-9-22/h4-6,8-13,24,28H,7,14-21H2,1-3H3. The van der Waals surface area contributed by atoms with Crippen LogP contribution in [-0.2, 0) is 23.2 Å². The minimum atomic E-state index is 0.214. The minimum Gasteiger partial charge on any atom is -0.313 e. The molecular formula is C27H38N2O. The van der Waals surface area contributed by atoms with Crippen LogP contribution in [0.25, 0.3) is 0 Å². The van der Waals surface area contributed by atoms with Crippen LogP contribution in [0, 0.1) is 5.92 Å². The van der Waals surface area contributed by atoms with Crippen molar-refractivity contribution in [2.24, 2.45) is 5.92 Å². The molecule has 0 amide bonds. The van der Waals surface area contributed by atoms with Gasteiger partial charge in [-0.3, -0.25) is 4.79 Å². The second kappa shape index (κ2) is 10.9. The number of ketones is 1. The summed E-state index contributed by atoms with van der Waals surface area (Å²) in [5.41, 5.74) is 4.09. The fraction of sp³-hybridized carbons (Fsp3) is 0.519. The van der Waals surface area contributed by atoms with Gasteiger partial charge in [-0.15, -0.1) is 0 Å². The lowest BCUT2D eigenvalue weighted by atomic mass is 9.87. The maximum absolute atomic E-state index is 12.6. The average Bonchev–Trinajstić information content (AvgIpc) is 2.74. The SMILES string of the molecule is CC(C)(C)c1ccc(CNCCCN2CCC(C(=O)Cc3ccccc3)CC2)cc1. The van der Waals surface area contributed by atoms with E-state index in [1.165, 1.54) is 11.1 Å². The van der Waals surface area contributed by atoms with Crippen LogP contribution in [0.2, 0.25) is 0 Å². The summed E-state index contributed by atoms with van der Waals surface area (Å²) >= 11 is 0. The Morgan fingerprint density at radius 1 is 0.967 bits per heavy atom. The van der Waals surface area contributed by atoms with Gasteiger partial charge < -0.3 is 10.2 Å². The summed E-state index contributed by atoms with van der Waals surface area (Å²) in [4.78, 5) is 15.1. The van der Waals surface area contributed by atoms with Crippen LogP contribution in [0.4, 0.5) is 0 Å². The molecule has 0 spiro atoms. The summed E-state index contributed by atoms with van der Waals surface area (Å²) in [7, 11) is 0. The van der Waals surface area contributed by atoms with Gasteiger partial charge in [-0.1, -0.05) is 75.4 Å². The van der Waals surface area contributed by atoms with Gasteiger partial charge >= 0.3 is 0 Å². The highest BCUT2D eigenvalue weighted by Crippen LogP contribution is 2.22. The third-order valence-corrected chi connectivity index (χ3v) is 6.24. The number of benzene rings is 2. The van der Waals surface area contributed by atoms with Crippen molar-refractivity contribution >= 4 is 5.78 Å². The van der Waals surface area contributed by atoms with Gasteiger partial charge in [0.15, 0.2) is 0 Å². The minimum absolute atomic E-state index is 0.214. The fourth-order valence-corrected chi connectivity index (χ4v) is 4.20. The molecule has 1 heterocycles. The molecule has 1 saturated heterocycles. The Hall–Kier alpha value is -1.97. The number of hydrogen-bond donors (Lipinski definition) is 1. The highest BCUT2D eigenvalue weighted by molar-refractivity contribution is 5.83. The van der Waals surface area contributed by atoms with Crippen molar-refractivity contribution in [3.8, 4) is 0 Å². The van der Waals surface area contributed by atoms with Gasteiger partial charge in [-0.25, -0.2) is 0 Å². The lowest BCUT2D eigenvalue weighted by Gasteiger charge is -2.31. The van der Waals surface area contributed by atoms with Gasteiger partial charge in [0.05, 0.1) is 0 Å². The first-order valence-corrected chi connectivity index (χ1v) is 11.5. The zero-order chi connectivity index (χ0) is 21.4. The number of likely N-dealkylation sites (tertiary alicyclic amines) is 1. The Kier molecular flexibility index (Phi) is 8.24. The van der Waals surface area contributed by atoms with Crippen molar-refractivity contribution in [1.82, 2.24) is 10.2 Å². The summed E-state index contributed by atoms with van der Waals surface area (Å²) in [5.74, 6) is 0.663. The summed E-state index contributed by atoms with van der Waals surface area (Å²) < 4.78 is 0. The first-order valence-electron chi connectivity index (χ1n) is 11.5. The summed E-state index contributed by atoms with van der Waals surface area (Å²) in [6.45, 7) is 12.0. The second-order valence-electron chi connectivity index (χ2n) is 9.72. The Bertz CT molecular complexity index is 769. The number of carbonyl (C=O) groups excluding carboxylic acids is 1. The maximum atomic E-state index is 12.6. The number of carbonyl (C=O) groups is 1. The summed E-state index contributed by atoms with van der Waals surface area (Å²) in [5, 5.41) is 3.57. The fourth-order valence-electron chi connectivity index (χ4n) is 4.20. The van der Waals surface area contributed by atoms with E-state index in [-0.39, 0.29) is 11.3 Å². The Balaban J connectivity index is 1.28. The van der Waals surface area contributed by atoms with Crippen molar-refractivity contribution in [3.63, 3.8) is 0 Å². The van der Waals surface area contributed by atoms with Gasteiger partial charge in [-0.05, 0) is 67.5 Å². The number of hydrogen-bond acceptors (Lipinski definition) is 3. The Labute approximate surface area is 182 Å². The number of rotatable bonds is 9. The van der Waals surface area contributed by atoms with Crippen LogP contribution in [0.15, 0.2) is 54.6 Å². The largest absolute Gasteiger partial charge is 0.313 e. The number of Topliss-reactive ketones (excluding diaryl/α,β-unsaturated/α-hetero) is 1. The first kappa shape index (κ1) is 22.7. The van der Waals surface area contributed by atoms with Gasteiger partial charge in [-0.2, -0.15) is 0 Å². The summed E-state index contributed by atoms with van der Waals surface area (Å²) in [6, 6.07) is 19.1. The summed E-state index contributed by atoms with van der Waals surface area (Å²) in [6.07, 6.45) is 3.77. The number of nitrogens with zero attached hydrogens (tertiary/aromatic N) is 1. The molecule has 1 fully saturated rings. The molecular weight excluding hydrogens is 368 g/mol. The van der Waals surface area contributed by atoms with E-state index >= 15 is 0 Å². The van der Waals surface area contributed by atoms with Crippen LogP contribution < -0.4 is 5.32 Å². The average molecular weight is 407 g/mol. The van der Waals surface area contributed by atoms with Gasteiger partial charge in [0.25, 0.3) is 0 Å². The molecule has 0 unspecified atom stereocenters. The molecule has 0 aromatic heterocycles. The van der Waals surface area contributed by atoms with Crippen LogP contribution in [0.5, 0.6) is 0 Å². The van der Waals surface area contributed by atoms with E-state index in [9.17, 15) is 4.79 Å². The molecule has 3 nitrogen and oxygen atoms in total. The molecule has 2 aromatic carbocycles. The molecule has 0 radical (unpaired) electrons. The smallest absolute Gasteiger partial charge is 0.140 e. The zero-order valence-corrected chi connectivity index (χ0v) is 19.0. The molecule has 162 valence electrons. The Morgan fingerprint density at radius 2 is 1.63 bits per heavy atom. The highest BCUT2D eigenvalue weighted by atomic mass is 16.1. The maximum Gasteiger partial charge on any atom is 0.140 e. The van der Waals surface area contributed by atoms with Crippen molar-refractivity contribution in [1.29, 1.82) is 0 Å². The molecule has 0 bridgehead atoms. The van der Waals surface area contributed by atoms with E-state index in [2.05, 4.69) is 67.4 Å². The highest BCUT2D eigenvalue weighted by Gasteiger charge is 2.24. The normalized spacial score (nSPS) is 16.0. The van der Waals surface area contributed by atoms with Crippen LogP contribution >= 0.6 is 0 Å². The van der Waals surface area contributed by atoms with E-state index in [1.54, 1.807) is 0 Å². The molecule has 2 aromatic rings. The lowest BCUT2D eigenvalue weighted by Crippen LogP contribution is -2.38. The first-order chi connectivity index (χ1) is 14.4. The molecule has 1 aliphatic rings. The molecule has 3 heteroatoms. The second-order valence-corrected chi connectivity index (χ2v) is 9.72. The van der Waals surface area contributed by atoms with Gasteiger partial charge in [0.1, 0.15) is 5.78 Å². The van der Waals surface area contributed by atoms with E-state index in [0.717, 1.165) is 57.5 Å². The number of piperidine rings is 1. The molecule has 3 rings (SSSR count). The van der Waals surface area contributed by atoms with Gasteiger partial charge in [0.2, 0.25) is 0 Å². The third-order valence-electron chi connectivity index (χ3n) is 6.24. The van der Waals surface area contributed by atoms with E-state index in [1.807, 2.05) is 18.2 Å². The van der Waals surface area contributed by atoms with Crippen molar-refractivity contribution in [2.45, 2.75) is 58.4 Å². The molecule has 30 heavy (non-hydrogen) atoms. The zero-order valence-electron chi connectivity index (χ0n) is 19.0. The van der Waals surface area contributed by atoms with Gasteiger partial charge in [0, 0.05) is 18.9 Å². The molecule has 1 N–H and O–H groups in total. The van der Waals surface area contributed by atoms with Crippen molar-refractivity contribution < 1.29 is 4.79 Å². The van der Waals surface area contributed by atoms with Crippen LogP contribution in [0.3, 0.4) is 0 Å². The van der Waals surface area contributed by atoms with Crippen molar-refractivity contribution in [2.75, 3.05) is 26.2 Å².